The number of anilines is 2. The maximum absolute atomic E-state index is 11.7. The van der Waals surface area contributed by atoms with E-state index in [0.29, 0.717) is 16.1 Å². The molecule has 0 radical (unpaired) electrons. The van der Waals surface area contributed by atoms with Gasteiger partial charge in [-0.3, -0.25) is 4.79 Å². The number of carbonyl (C=O) groups is 1. The molecule has 7 heteroatoms. The van der Waals surface area contributed by atoms with E-state index in [1.807, 2.05) is 0 Å². The van der Waals surface area contributed by atoms with Crippen LogP contribution in [0.5, 0.6) is 0 Å². The first-order valence-electron chi connectivity index (χ1n) is 4.87. The number of amides is 1. The molecule has 1 unspecified atom stereocenters. The molecule has 1 saturated heterocycles. The molecule has 6 nitrogen and oxygen atoms in total. The number of hydrogen-bond acceptors (Lipinski definition) is 5. The van der Waals surface area contributed by atoms with Crippen molar-refractivity contribution in [2.24, 2.45) is 0 Å². The summed E-state index contributed by atoms with van der Waals surface area (Å²) in [6, 6.07) is -0.226. The summed E-state index contributed by atoms with van der Waals surface area (Å²) in [6.07, 6.45) is 2.14. The van der Waals surface area contributed by atoms with Crippen molar-refractivity contribution in [1.29, 1.82) is 0 Å². The second-order valence-electron chi connectivity index (χ2n) is 3.67. The second-order valence-corrected chi connectivity index (χ2v) is 4.46. The highest BCUT2D eigenvalue weighted by atomic mass is 79.9. The molecular formula is C9H12BrN5O. The van der Waals surface area contributed by atoms with Crippen molar-refractivity contribution in [3.05, 3.63) is 10.8 Å². The summed E-state index contributed by atoms with van der Waals surface area (Å²) in [7, 11) is 1.79. The number of nitrogens with one attached hydrogen (secondary N) is 1. The number of nitrogens with two attached hydrogens (primary N) is 1. The van der Waals surface area contributed by atoms with E-state index in [9.17, 15) is 4.79 Å². The van der Waals surface area contributed by atoms with Gasteiger partial charge in [0.1, 0.15) is 28.5 Å². The fourth-order valence-electron chi connectivity index (χ4n) is 1.61. The van der Waals surface area contributed by atoms with Crippen LogP contribution in [0.3, 0.4) is 0 Å². The van der Waals surface area contributed by atoms with E-state index in [1.165, 1.54) is 6.33 Å². The van der Waals surface area contributed by atoms with Gasteiger partial charge in [0.2, 0.25) is 5.91 Å². The Morgan fingerprint density at radius 3 is 3.00 bits per heavy atom. The van der Waals surface area contributed by atoms with Gasteiger partial charge in [-0.25, -0.2) is 9.97 Å². The number of aromatic nitrogens is 2. The highest BCUT2D eigenvalue weighted by Crippen LogP contribution is 2.26. The predicted molar refractivity (Wildman–Crippen MR) is 63.8 cm³/mol. The number of halogens is 1. The molecule has 0 aromatic carbocycles. The lowest BCUT2D eigenvalue weighted by atomic mass is 10.2. The summed E-state index contributed by atoms with van der Waals surface area (Å²) in [6.45, 7) is 0.759. The van der Waals surface area contributed by atoms with E-state index in [-0.39, 0.29) is 11.9 Å². The smallest absolute Gasteiger partial charge is 0.244 e. The molecular weight excluding hydrogens is 274 g/mol. The quantitative estimate of drug-likeness (QED) is 0.825. The van der Waals surface area contributed by atoms with Crippen molar-refractivity contribution >= 4 is 33.5 Å². The van der Waals surface area contributed by atoms with Gasteiger partial charge in [0, 0.05) is 13.6 Å². The normalized spacial score (nSPS) is 20.2. The molecule has 1 atom stereocenters. The Bertz CT molecular complexity index is 424. The van der Waals surface area contributed by atoms with Crippen molar-refractivity contribution in [3.8, 4) is 0 Å². The first-order valence-corrected chi connectivity index (χ1v) is 5.66. The molecule has 0 spiro atoms. The summed E-state index contributed by atoms with van der Waals surface area (Å²) in [5.74, 6) is 0.988. The minimum atomic E-state index is -0.226. The first-order chi connectivity index (χ1) is 7.59. The fraction of sp³-hybridized carbons (Fsp3) is 0.444. The van der Waals surface area contributed by atoms with E-state index >= 15 is 0 Å². The maximum atomic E-state index is 11.7. The van der Waals surface area contributed by atoms with Gasteiger partial charge in [0.25, 0.3) is 0 Å². The van der Waals surface area contributed by atoms with Crippen LogP contribution in [0.2, 0.25) is 0 Å². The number of likely N-dealkylation sites (N-methyl/N-ethyl adjacent to an activating group) is 1. The lowest BCUT2D eigenvalue weighted by Gasteiger charge is -2.13. The molecule has 2 heterocycles. The van der Waals surface area contributed by atoms with Crippen LogP contribution in [0.25, 0.3) is 0 Å². The molecule has 1 aliphatic rings. The fourth-order valence-corrected chi connectivity index (χ4v) is 1.92. The molecule has 0 bridgehead atoms. The van der Waals surface area contributed by atoms with Crippen molar-refractivity contribution in [1.82, 2.24) is 14.9 Å². The van der Waals surface area contributed by atoms with Crippen LogP contribution in [-0.4, -0.2) is 40.4 Å². The number of rotatable bonds is 2. The van der Waals surface area contributed by atoms with Crippen LogP contribution in [-0.2, 0) is 4.79 Å². The Morgan fingerprint density at radius 2 is 2.38 bits per heavy atom. The van der Waals surface area contributed by atoms with Crippen LogP contribution in [0.15, 0.2) is 10.8 Å². The van der Waals surface area contributed by atoms with Gasteiger partial charge in [-0.15, -0.1) is 0 Å². The summed E-state index contributed by atoms with van der Waals surface area (Å²) in [5, 5.41) is 3.06. The van der Waals surface area contributed by atoms with E-state index in [4.69, 9.17) is 5.73 Å². The van der Waals surface area contributed by atoms with Crippen molar-refractivity contribution < 1.29 is 4.79 Å². The molecule has 1 amide bonds. The maximum Gasteiger partial charge on any atom is 0.244 e. The molecule has 1 aromatic rings. The predicted octanol–water partition coefficient (Wildman–Crippen LogP) is 0.464. The van der Waals surface area contributed by atoms with E-state index in [0.717, 1.165) is 13.0 Å². The van der Waals surface area contributed by atoms with Gasteiger partial charge in [-0.1, -0.05) is 0 Å². The first kappa shape index (κ1) is 11.1. The van der Waals surface area contributed by atoms with Gasteiger partial charge >= 0.3 is 0 Å². The number of hydrogen-bond donors (Lipinski definition) is 2. The molecule has 1 aromatic heterocycles. The minimum absolute atomic E-state index is 0.0732. The SMILES string of the molecule is CN1CCC(Nc2ncnc(N)c2Br)C1=O. The average Bonchev–Trinajstić information content (AvgIpc) is 2.57. The lowest BCUT2D eigenvalue weighted by Crippen LogP contribution is -2.31. The largest absolute Gasteiger partial charge is 0.383 e. The number of nitrogen functional groups attached to an aromatic ring is 1. The number of nitrogens with zero attached hydrogens (tertiary/aromatic N) is 3. The Balaban J connectivity index is 2.16. The number of likely N-dealkylation sites (tertiary alicyclic amines) is 1. The Hall–Kier alpha value is -1.37. The van der Waals surface area contributed by atoms with Crippen molar-refractivity contribution in [2.75, 3.05) is 24.6 Å². The average molecular weight is 286 g/mol. The third-order valence-corrected chi connectivity index (χ3v) is 3.34. The van der Waals surface area contributed by atoms with Gasteiger partial charge < -0.3 is 16.0 Å². The summed E-state index contributed by atoms with van der Waals surface area (Å²) in [4.78, 5) is 21.2. The highest BCUT2D eigenvalue weighted by Gasteiger charge is 2.29. The van der Waals surface area contributed by atoms with Gasteiger partial charge in [-0.2, -0.15) is 0 Å². The van der Waals surface area contributed by atoms with Crippen molar-refractivity contribution in [3.63, 3.8) is 0 Å². The molecule has 1 fully saturated rings. The van der Waals surface area contributed by atoms with Gasteiger partial charge in [-0.05, 0) is 22.4 Å². The Labute approximate surface area is 101 Å². The van der Waals surface area contributed by atoms with Crippen LogP contribution in [0.1, 0.15) is 6.42 Å². The Kier molecular flexibility index (Phi) is 2.95. The summed E-state index contributed by atoms with van der Waals surface area (Å²) < 4.78 is 0.595. The third kappa shape index (κ3) is 1.95. The molecule has 1 aliphatic heterocycles. The molecule has 0 aliphatic carbocycles. The van der Waals surface area contributed by atoms with Crippen molar-refractivity contribution in [2.45, 2.75) is 12.5 Å². The zero-order valence-corrected chi connectivity index (χ0v) is 10.4. The Morgan fingerprint density at radius 1 is 1.62 bits per heavy atom. The van der Waals surface area contributed by atoms with Crippen LogP contribution in [0, 0.1) is 0 Å². The van der Waals surface area contributed by atoms with Gasteiger partial charge in [0.05, 0.1) is 0 Å². The van der Waals surface area contributed by atoms with E-state index in [2.05, 4.69) is 31.2 Å². The van der Waals surface area contributed by atoms with Crippen LogP contribution < -0.4 is 11.1 Å². The minimum Gasteiger partial charge on any atom is -0.383 e. The molecule has 86 valence electrons. The van der Waals surface area contributed by atoms with Gasteiger partial charge in [0.15, 0.2) is 0 Å². The highest BCUT2D eigenvalue weighted by molar-refractivity contribution is 9.10. The molecule has 2 rings (SSSR count). The summed E-state index contributed by atoms with van der Waals surface area (Å²) >= 11 is 3.29. The lowest BCUT2D eigenvalue weighted by molar-refractivity contribution is -0.127. The molecule has 0 saturated carbocycles. The third-order valence-electron chi connectivity index (χ3n) is 2.55. The summed E-state index contributed by atoms with van der Waals surface area (Å²) in [5.41, 5.74) is 5.62. The standard InChI is InChI=1S/C9H12BrN5O/c1-15-3-2-5(9(15)16)14-8-6(10)7(11)12-4-13-8/h4-5H,2-3H2,1H3,(H3,11,12,13,14). The zero-order valence-electron chi connectivity index (χ0n) is 8.77. The monoisotopic (exact) mass is 285 g/mol. The second kappa shape index (κ2) is 4.25. The molecule has 16 heavy (non-hydrogen) atoms. The van der Waals surface area contributed by atoms with Crippen LogP contribution >= 0.6 is 15.9 Å². The molecule has 3 N–H and O–H groups in total. The topological polar surface area (TPSA) is 84.1 Å². The van der Waals surface area contributed by atoms with Crippen LogP contribution in [0.4, 0.5) is 11.6 Å². The zero-order chi connectivity index (χ0) is 11.7. The number of carbonyl (C=O) groups excluding carboxylic acids is 1. The van der Waals surface area contributed by atoms with E-state index in [1.54, 1.807) is 11.9 Å². The van der Waals surface area contributed by atoms with E-state index < -0.39 is 0 Å².